The van der Waals surface area contributed by atoms with Gasteiger partial charge >= 0.3 is 0 Å². The van der Waals surface area contributed by atoms with Gasteiger partial charge in [0, 0.05) is 39.3 Å². The standard InChI is InChI=1S/C31H46N4O5/c1-23(2)11-17-35-21-27(36)33-31(14-7-9-25-8-3-4-10-26(25)31)30(39)32-15-5-6-16-34(22-29(35)38)28(37)20-24-12-18-40-19-13-24/h3-4,8,10,23-24H,5-7,9,11-22H2,1-2H3,(H,32,39)(H,33,36). The van der Waals surface area contributed by atoms with Gasteiger partial charge in [0.2, 0.25) is 23.6 Å². The largest absolute Gasteiger partial charge is 0.381 e. The summed E-state index contributed by atoms with van der Waals surface area (Å²) in [7, 11) is 0. The third-order valence-electron chi connectivity index (χ3n) is 8.50. The number of carbonyl (C=O) groups is 4. The number of nitrogens with zero attached hydrogens (tertiary/aromatic N) is 2. The van der Waals surface area contributed by atoms with Gasteiger partial charge < -0.3 is 25.2 Å². The highest BCUT2D eigenvalue weighted by Crippen LogP contribution is 2.36. The zero-order chi connectivity index (χ0) is 28.5. The molecule has 4 amide bonds. The molecule has 2 heterocycles. The van der Waals surface area contributed by atoms with Gasteiger partial charge in [0.05, 0.1) is 13.1 Å². The summed E-state index contributed by atoms with van der Waals surface area (Å²) in [6.07, 6.45) is 6.35. The van der Waals surface area contributed by atoms with Crippen molar-refractivity contribution >= 4 is 23.6 Å². The number of hydrogen-bond acceptors (Lipinski definition) is 5. The number of amides is 4. The second kappa shape index (κ2) is 14.1. The molecule has 0 aromatic heterocycles. The maximum atomic E-state index is 13.7. The number of nitrogens with one attached hydrogen (secondary N) is 2. The van der Waals surface area contributed by atoms with Gasteiger partial charge in [-0.1, -0.05) is 38.1 Å². The third kappa shape index (κ3) is 7.62. The summed E-state index contributed by atoms with van der Waals surface area (Å²) in [6, 6.07) is 7.82. The van der Waals surface area contributed by atoms with Gasteiger partial charge in [0.25, 0.3) is 0 Å². The molecular weight excluding hydrogens is 508 g/mol. The molecule has 0 radical (unpaired) electrons. The van der Waals surface area contributed by atoms with E-state index in [-0.39, 0.29) is 42.6 Å². The fourth-order valence-corrected chi connectivity index (χ4v) is 6.07. The van der Waals surface area contributed by atoms with E-state index in [1.807, 2.05) is 24.3 Å². The number of fused-ring (bicyclic) bond motifs is 2. The van der Waals surface area contributed by atoms with Crippen LogP contribution in [0.1, 0.15) is 76.3 Å². The molecule has 9 heteroatoms. The summed E-state index contributed by atoms with van der Waals surface area (Å²) in [4.78, 5) is 57.5. The van der Waals surface area contributed by atoms with Crippen molar-refractivity contribution in [2.24, 2.45) is 11.8 Å². The van der Waals surface area contributed by atoms with Gasteiger partial charge in [-0.15, -0.1) is 0 Å². The second-order valence-electron chi connectivity index (χ2n) is 12.0. The molecule has 1 aliphatic carbocycles. The first-order valence-corrected chi connectivity index (χ1v) is 15.1. The van der Waals surface area contributed by atoms with Crippen molar-refractivity contribution < 1.29 is 23.9 Å². The van der Waals surface area contributed by atoms with Crippen LogP contribution >= 0.6 is 0 Å². The predicted molar refractivity (Wildman–Crippen MR) is 152 cm³/mol. The maximum absolute atomic E-state index is 13.7. The highest BCUT2D eigenvalue weighted by Gasteiger charge is 2.44. The van der Waals surface area contributed by atoms with E-state index in [1.165, 1.54) is 0 Å². The van der Waals surface area contributed by atoms with Gasteiger partial charge in [0.1, 0.15) is 5.54 Å². The van der Waals surface area contributed by atoms with Crippen molar-refractivity contribution in [2.45, 2.75) is 77.2 Å². The maximum Gasteiger partial charge on any atom is 0.250 e. The summed E-state index contributed by atoms with van der Waals surface area (Å²) in [5.74, 6) is -0.213. The van der Waals surface area contributed by atoms with Gasteiger partial charge in [-0.25, -0.2) is 0 Å². The fraction of sp³-hybridized carbons (Fsp3) is 0.677. The first kappa shape index (κ1) is 30.0. The van der Waals surface area contributed by atoms with Gasteiger partial charge in [-0.2, -0.15) is 0 Å². The monoisotopic (exact) mass is 554 g/mol. The average molecular weight is 555 g/mol. The summed E-state index contributed by atoms with van der Waals surface area (Å²) in [5.41, 5.74) is 0.745. The second-order valence-corrected chi connectivity index (χ2v) is 12.0. The van der Waals surface area contributed by atoms with E-state index in [4.69, 9.17) is 4.74 Å². The van der Waals surface area contributed by atoms with Gasteiger partial charge in [0.15, 0.2) is 0 Å². The molecule has 0 saturated carbocycles. The molecule has 0 bridgehead atoms. The van der Waals surface area contributed by atoms with Crippen molar-refractivity contribution in [1.82, 2.24) is 20.4 Å². The molecule has 1 spiro atoms. The molecule has 2 aliphatic heterocycles. The minimum absolute atomic E-state index is 0.0255. The van der Waals surface area contributed by atoms with Crippen molar-refractivity contribution in [1.29, 1.82) is 0 Å². The predicted octanol–water partition coefficient (Wildman–Crippen LogP) is 2.76. The van der Waals surface area contributed by atoms with Crippen LogP contribution in [0.2, 0.25) is 0 Å². The van der Waals surface area contributed by atoms with Crippen LogP contribution < -0.4 is 10.6 Å². The quantitative estimate of drug-likeness (QED) is 0.582. The number of carbonyl (C=O) groups excluding carboxylic acids is 4. The van der Waals surface area contributed by atoms with Crippen molar-refractivity contribution in [3.8, 4) is 0 Å². The zero-order valence-electron chi connectivity index (χ0n) is 24.2. The van der Waals surface area contributed by atoms with Gasteiger partial charge in [-0.05, 0) is 74.3 Å². The summed E-state index contributed by atoms with van der Waals surface area (Å²) in [6.45, 7) is 6.62. The minimum atomic E-state index is -1.16. The summed E-state index contributed by atoms with van der Waals surface area (Å²) >= 11 is 0. The molecule has 2 fully saturated rings. The number of rotatable bonds is 5. The Morgan fingerprint density at radius 2 is 1.85 bits per heavy atom. The number of ether oxygens (including phenoxy) is 1. The SMILES string of the molecule is CC(C)CCN1CC(=O)NC2(CCCc3ccccc32)C(=O)NCCCCN(C(=O)CC2CCOCC2)CC1=O. The fourth-order valence-electron chi connectivity index (χ4n) is 6.07. The smallest absolute Gasteiger partial charge is 0.250 e. The van der Waals surface area contributed by atoms with Crippen LogP contribution in [0.15, 0.2) is 24.3 Å². The molecule has 40 heavy (non-hydrogen) atoms. The van der Waals surface area contributed by atoms with E-state index in [9.17, 15) is 19.2 Å². The van der Waals surface area contributed by atoms with Crippen LogP contribution in [0.3, 0.4) is 0 Å². The van der Waals surface area contributed by atoms with Crippen LogP contribution in [0.25, 0.3) is 0 Å². The molecule has 1 aromatic rings. The lowest BCUT2D eigenvalue weighted by Gasteiger charge is -2.39. The van der Waals surface area contributed by atoms with E-state index < -0.39 is 5.54 Å². The lowest BCUT2D eigenvalue weighted by atomic mass is 9.75. The molecular formula is C31H46N4O5. The Bertz CT molecular complexity index is 1050. The molecule has 2 saturated heterocycles. The molecule has 1 unspecified atom stereocenters. The minimum Gasteiger partial charge on any atom is -0.381 e. The highest BCUT2D eigenvalue weighted by atomic mass is 16.5. The van der Waals surface area contributed by atoms with Crippen LogP contribution in [0, 0.1) is 11.8 Å². The number of aryl methyl sites for hydroxylation is 1. The van der Waals surface area contributed by atoms with Gasteiger partial charge in [-0.3, -0.25) is 19.2 Å². The Balaban J connectivity index is 1.56. The van der Waals surface area contributed by atoms with E-state index in [0.717, 1.165) is 43.2 Å². The highest BCUT2D eigenvalue weighted by molar-refractivity contribution is 5.95. The Hall–Kier alpha value is -2.94. The third-order valence-corrected chi connectivity index (χ3v) is 8.50. The van der Waals surface area contributed by atoms with E-state index in [2.05, 4.69) is 24.5 Å². The average Bonchev–Trinajstić information content (AvgIpc) is 2.94. The molecule has 1 aromatic carbocycles. The van der Waals surface area contributed by atoms with Crippen LogP contribution in [-0.2, 0) is 35.9 Å². The van der Waals surface area contributed by atoms with E-state index in [0.29, 0.717) is 64.4 Å². The molecule has 1 atom stereocenters. The lowest BCUT2D eigenvalue weighted by Crippen LogP contribution is -2.60. The van der Waals surface area contributed by atoms with E-state index in [1.54, 1.807) is 9.80 Å². The molecule has 3 aliphatic rings. The Labute approximate surface area is 238 Å². The Morgan fingerprint density at radius 1 is 1.07 bits per heavy atom. The Kier molecular flexibility index (Phi) is 10.6. The summed E-state index contributed by atoms with van der Waals surface area (Å²) < 4.78 is 5.44. The van der Waals surface area contributed by atoms with Crippen LogP contribution in [0.5, 0.6) is 0 Å². The molecule has 4 rings (SSSR count). The zero-order valence-corrected chi connectivity index (χ0v) is 24.2. The number of benzene rings is 1. The number of hydrogen-bond donors (Lipinski definition) is 2. The normalized spacial score (nSPS) is 23.9. The Morgan fingerprint density at radius 3 is 2.62 bits per heavy atom. The first-order valence-electron chi connectivity index (χ1n) is 15.1. The molecule has 9 nitrogen and oxygen atoms in total. The molecule has 220 valence electrons. The van der Waals surface area contributed by atoms with E-state index >= 15 is 0 Å². The lowest BCUT2D eigenvalue weighted by molar-refractivity contribution is -0.144. The topological polar surface area (TPSA) is 108 Å². The molecule has 2 N–H and O–H groups in total. The van der Waals surface area contributed by atoms with Crippen molar-refractivity contribution in [3.63, 3.8) is 0 Å². The van der Waals surface area contributed by atoms with Crippen molar-refractivity contribution in [3.05, 3.63) is 35.4 Å². The first-order chi connectivity index (χ1) is 19.3. The van der Waals surface area contributed by atoms with Crippen molar-refractivity contribution in [2.75, 3.05) is 45.9 Å². The van der Waals surface area contributed by atoms with Crippen LogP contribution in [0.4, 0.5) is 0 Å². The van der Waals surface area contributed by atoms with Crippen LogP contribution in [-0.4, -0.2) is 79.4 Å². The summed E-state index contributed by atoms with van der Waals surface area (Å²) in [5, 5.41) is 6.16.